The van der Waals surface area contributed by atoms with E-state index in [9.17, 15) is 4.39 Å². The van der Waals surface area contributed by atoms with E-state index < -0.39 is 0 Å². The third-order valence-electron chi connectivity index (χ3n) is 3.76. The molecule has 4 heteroatoms. The van der Waals surface area contributed by atoms with Crippen LogP contribution in [0.5, 0.6) is 0 Å². The molecule has 0 amide bonds. The highest BCUT2D eigenvalue weighted by Crippen LogP contribution is 2.20. The molecule has 0 aliphatic heterocycles. The molecule has 2 rings (SSSR count). The Morgan fingerprint density at radius 1 is 1.35 bits per heavy atom. The molecule has 2 N–H and O–H groups in total. The Morgan fingerprint density at radius 3 is 2.85 bits per heavy atom. The molecule has 1 atom stereocenters. The van der Waals surface area contributed by atoms with E-state index in [1.54, 1.807) is 0 Å². The lowest BCUT2D eigenvalue weighted by Gasteiger charge is -2.11. The second-order valence-electron chi connectivity index (χ2n) is 5.53. The summed E-state index contributed by atoms with van der Waals surface area (Å²) >= 11 is 0. The van der Waals surface area contributed by atoms with Gasteiger partial charge in [0.2, 0.25) is 0 Å². The van der Waals surface area contributed by atoms with Gasteiger partial charge in [0.1, 0.15) is 11.6 Å². The average molecular weight is 277 g/mol. The van der Waals surface area contributed by atoms with Crippen LogP contribution in [0.15, 0.2) is 18.2 Å². The Morgan fingerprint density at radius 2 is 2.15 bits per heavy atom. The standard InChI is InChI=1S/C16H24FN3/c1-3-10-20-15-6-5-13(17)11-14(15)19-16(20)7-4-12(2)8-9-18/h5-6,11-12H,3-4,7-10,18H2,1-2H3. The van der Waals surface area contributed by atoms with Crippen LogP contribution < -0.4 is 5.73 Å². The van der Waals surface area contributed by atoms with Crippen molar-refractivity contribution in [2.24, 2.45) is 11.7 Å². The van der Waals surface area contributed by atoms with Gasteiger partial charge in [0, 0.05) is 19.0 Å². The molecule has 1 aromatic heterocycles. The molecule has 0 saturated heterocycles. The quantitative estimate of drug-likeness (QED) is 0.841. The maximum absolute atomic E-state index is 13.3. The summed E-state index contributed by atoms with van der Waals surface area (Å²) in [5, 5.41) is 0. The molecular formula is C16H24FN3. The van der Waals surface area contributed by atoms with Gasteiger partial charge < -0.3 is 10.3 Å². The summed E-state index contributed by atoms with van der Waals surface area (Å²) in [6.07, 6.45) is 4.10. The Labute approximate surface area is 120 Å². The molecule has 110 valence electrons. The molecule has 0 bridgehead atoms. The number of aryl methyl sites for hydroxylation is 2. The first-order valence-electron chi connectivity index (χ1n) is 7.50. The minimum atomic E-state index is -0.221. The van der Waals surface area contributed by atoms with E-state index in [1.807, 2.05) is 6.07 Å². The summed E-state index contributed by atoms with van der Waals surface area (Å²) in [4.78, 5) is 4.62. The van der Waals surface area contributed by atoms with Crippen LogP contribution in [0.1, 0.15) is 38.9 Å². The smallest absolute Gasteiger partial charge is 0.125 e. The molecule has 2 aromatic rings. The zero-order valence-electron chi connectivity index (χ0n) is 12.4. The number of hydrogen-bond acceptors (Lipinski definition) is 2. The van der Waals surface area contributed by atoms with Crippen molar-refractivity contribution >= 4 is 11.0 Å². The number of nitrogens with zero attached hydrogens (tertiary/aromatic N) is 2. The highest BCUT2D eigenvalue weighted by Gasteiger charge is 2.12. The van der Waals surface area contributed by atoms with Crippen LogP contribution in [0, 0.1) is 11.7 Å². The van der Waals surface area contributed by atoms with Crippen molar-refractivity contribution in [3.63, 3.8) is 0 Å². The molecular weight excluding hydrogens is 253 g/mol. The summed E-state index contributed by atoms with van der Waals surface area (Å²) in [7, 11) is 0. The largest absolute Gasteiger partial charge is 0.330 e. The SMILES string of the molecule is CCCn1c(CCC(C)CCN)nc2cc(F)ccc21. The average Bonchev–Trinajstić information content (AvgIpc) is 2.74. The predicted molar refractivity (Wildman–Crippen MR) is 81.1 cm³/mol. The first kappa shape index (κ1) is 15.0. The lowest BCUT2D eigenvalue weighted by molar-refractivity contribution is 0.486. The Bertz CT molecular complexity index is 562. The first-order valence-corrected chi connectivity index (χ1v) is 7.50. The zero-order valence-corrected chi connectivity index (χ0v) is 12.4. The van der Waals surface area contributed by atoms with Crippen molar-refractivity contribution in [3.05, 3.63) is 29.8 Å². The van der Waals surface area contributed by atoms with Gasteiger partial charge in [-0.2, -0.15) is 0 Å². The van der Waals surface area contributed by atoms with Gasteiger partial charge in [0.25, 0.3) is 0 Å². The van der Waals surface area contributed by atoms with Gasteiger partial charge in [-0.05, 0) is 43.9 Å². The fourth-order valence-corrected chi connectivity index (χ4v) is 2.62. The molecule has 0 saturated carbocycles. The van der Waals surface area contributed by atoms with Crippen molar-refractivity contribution in [3.8, 4) is 0 Å². The number of halogens is 1. The summed E-state index contributed by atoms with van der Waals surface area (Å²) < 4.78 is 15.5. The van der Waals surface area contributed by atoms with Gasteiger partial charge in [-0.3, -0.25) is 0 Å². The van der Waals surface area contributed by atoms with Crippen molar-refractivity contribution in [2.75, 3.05) is 6.54 Å². The van der Waals surface area contributed by atoms with Crippen LogP contribution in [0.2, 0.25) is 0 Å². The molecule has 0 aliphatic carbocycles. The number of imidazole rings is 1. The molecule has 1 aromatic carbocycles. The molecule has 0 radical (unpaired) electrons. The van der Waals surface area contributed by atoms with Crippen LogP contribution in [0.25, 0.3) is 11.0 Å². The molecule has 0 aliphatic rings. The van der Waals surface area contributed by atoms with E-state index in [0.29, 0.717) is 5.92 Å². The van der Waals surface area contributed by atoms with Gasteiger partial charge in [0.05, 0.1) is 11.0 Å². The molecule has 0 fully saturated rings. The topological polar surface area (TPSA) is 43.8 Å². The fourth-order valence-electron chi connectivity index (χ4n) is 2.62. The van der Waals surface area contributed by atoms with Crippen LogP contribution in [-0.2, 0) is 13.0 Å². The normalized spacial score (nSPS) is 13.0. The number of aromatic nitrogens is 2. The summed E-state index contributed by atoms with van der Waals surface area (Å²) in [5.74, 6) is 1.45. The van der Waals surface area contributed by atoms with Gasteiger partial charge in [-0.25, -0.2) is 9.37 Å². The van der Waals surface area contributed by atoms with E-state index in [1.165, 1.54) is 12.1 Å². The number of fused-ring (bicyclic) bond motifs is 1. The second-order valence-corrected chi connectivity index (χ2v) is 5.53. The minimum Gasteiger partial charge on any atom is -0.330 e. The fraction of sp³-hybridized carbons (Fsp3) is 0.562. The zero-order chi connectivity index (χ0) is 14.5. The van der Waals surface area contributed by atoms with Crippen LogP contribution in [0.4, 0.5) is 4.39 Å². The maximum Gasteiger partial charge on any atom is 0.125 e. The van der Waals surface area contributed by atoms with Crippen LogP contribution in [-0.4, -0.2) is 16.1 Å². The number of benzene rings is 1. The van der Waals surface area contributed by atoms with Crippen LogP contribution in [0.3, 0.4) is 0 Å². The van der Waals surface area contributed by atoms with Gasteiger partial charge in [0.15, 0.2) is 0 Å². The van der Waals surface area contributed by atoms with Gasteiger partial charge in [-0.15, -0.1) is 0 Å². The van der Waals surface area contributed by atoms with Crippen LogP contribution >= 0.6 is 0 Å². The highest BCUT2D eigenvalue weighted by atomic mass is 19.1. The van der Waals surface area contributed by atoms with Crippen molar-refractivity contribution < 1.29 is 4.39 Å². The molecule has 20 heavy (non-hydrogen) atoms. The minimum absolute atomic E-state index is 0.221. The van der Waals surface area contributed by atoms with Crippen molar-refractivity contribution in [2.45, 2.75) is 46.1 Å². The third-order valence-corrected chi connectivity index (χ3v) is 3.76. The third kappa shape index (κ3) is 3.37. The predicted octanol–water partition coefficient (Wildman–Crippen LogP) is 3.50. The Balaban J connectivity index is 2.24. The molecule has 1 unspecified atom stereocenters. The van der Waals surface area contributed by atoms with E-state index in [0.717, 1.165) is 55.6 Å². The van der Waals surface area contributed by atoms with Crippen molar-refractivity contribution in [1.29, 1.82) is 0 Å². The van der Waals surface area contributed by atoms with E-state index >= 15 is 0 Å². The summed E-state index contributed by atoms with van der Waals surface area (Å²) in [6.45, 7) is 6.04. The Hall–Kier alpha value is -1.42. The number of nitrogens with two attached hydrogens (primary N) is 1. The maximum atomic E-state index is 13.3. The summed E-state index contributed by atoms with van der Waals surface area (Å²) in [6, 6.07) is 4.87. The Kier molecular flexibility index (Phi) is 5.12. The van der Waals surface area contributed by atoms with E-state index in [2.05, 4.69) is 23.4 Å². The summed E-state index contributed by atoms with van der Waals surface area (Å²) in [5.41, 5.74) is 7.39. The molecule has 1 heterocycles. The lowest BCUT2D eigenvalue weighted by Crippen LogP contribution is -2.09. The second kappa shape index (κ2) is 6.84. The van der Waals surface area contributed by atoms with E-state index in [-0.39, 0.29) is 5.82 Å². The lowest BCUT2D eigenvalue weighted by atomic mass is 10.0. The first-order chi connectivity index (χ1) is 9.65. The molecule has 3 nitrogen and oxygen atoms in total. The van der Waals surface area contributed by atoms with Gasteiger partial charge in [-0.1, -0.05) is 13.8 Å². The number of rotatable bonds is 7. The monoisotopic (exact) mass is 277 g/mol. The molecule has 0 spiro atoms. The van der Waals surface area contributed by atoms with Crippen molar-refractivity contribution in [1.82, 2.24) is 9.55 Å². The van der Waals surface area contributed by atoms with Gasteiger partial charge >= 0.3 is 0 Å². The number of hydrogen-bond donors (Lipinski definition) is 1. The van der Waals surface area contributed by atoms with E-state index in [4.69, 9.17) is 5.73 Å². The highest BCUT2D eigenvalue weighted by molar-refractivity contribution is 5.76.